The van der Waals surface area contributed by atoms with Gasteiger partial charge in [-0.05, 0) is 66.7 Å². The predicted molar refractivity (Wildman–Crippen MR) is 134 cm³/mol. The van der Waals surface area contributed by atoms with Crippen molar-refractivity contribution in [3.63, 3.8) is 0 Å². The minimum absolute atomic E-state index is 0.00403. The van der Waals surface area contributed by atoms with Crippen molar-refractivity contribution < 1.29 is 14.3 Å². The van der Waals surface area contributed by atoms with Crippen molar-refractivity contribution in [2.75, 3.05) is 13.7 Å². The van der Waals surface area contributed by atoms with Gasteiger partial charge < -0.3 is 9.47 Å². The quantitative estimate of drug-likeness (QED) is 0.375. The largest absolute Gasteiger partial charge is 0.497 e. The molecule has 5 rings (SSSR count). The van der Waals surface area contributed by atoms with Gasteiger partial charge in [0.15, 0.2) is 0 Å². The lowest BCUT2D eigenvalue weighted by Gasteiger charge is -2.50. The fourth-order valence-electron chi connectivity index (χ4n) is 6.76. The Balaban J connectivity index is 1.36. The molecule has 1 saturated heterocycles. The van der Waals surface area contributed by atoms with Crippen LogP contribution in [0.4, 0.5) is 0 Å². The lowest BCUT2D eigenvalue weighted by Crippen LogP contribution is -2.45. The maximum absolute atomic E-state index is 13.2. The predicted octanol–water partition coefficient (Wildman–Crippen LogP) is 6.01. The molecule has 0 amide bonds. The van der Waals surface area contributed by atoms with E-state index in [1.54, 1.807) is 7.11 Å². The zero-order valence-electron chi connectivity index (χ0n) is 20.5. The molecule has 0 unspecified atom stereocenters. The van der Waals surface area contributed by atoms with Crippen molar-refractivity contribution >= 4 is 5.97 Å². The van der Waals surface area contributed by atoms with E-state index in [9.17, 15) is 4.79 Å². The normalized spacial score (nSPS) is 30.6. The molecule has 2 aliphatic carbocycles. The second-order valence-electron chi connectivity index (χ2n) is 10.9. The molecule has 34 heavy (non-hydrogen) atoms. The summed E-state index contributed by atoms with van der Waals surface area (Å²) in [4.78, 5) is 15.6. The lowest BCUT2D eigenvalue weighted by atomic mass is 9.55. The SMILES string of the molecule is C=C1CCC[C@]2(C)C[C@H]3OC(=O)[C@H](CN(Cc4ccccc4)Cc4ccc(OC)cc4)[C@@H]3C[C@@H]12. The van der Waals surface area contributed by atoms with Gasteiger partial charge in [-0.3, -0.25) is 9.69 Å². The molecular weight excluding hydrogens is 422 g/mol. The average molecular weight is 460 g/mol. The average Bonchev–Trinajstić information content (AvgIpc) is 3.12. The first kappa shape index (κ1) is 23.2. The molecule has 180 valence electrons. The van der Waals surface area contributed by atoms with Crippen LogP contribution in [0.15, 0.2) is 66.7 Å². The van der Waals surface area contributed by atoms with Gasteiger partial charge in [-0.25, -0.2) is 0 Å². The molecule has 0 spiro atoms. The number of rotatable bonds is 7. The Morgan fingerprint density at radius 1 is 1.09 bits per heavy atom. The van der Waals surface area contributed by atoms with E-state index in [0.717, 1.165) is 44.6 Å². The molecule has 0 aromatic heterocycles. The molecule has 3 fully saturated rings. The van der Waals surface area contributed by atoms with Crippen LogP contribution in [-0.4, -0.2) is 30.6 Å². The van der Waals surface area contributed by atoms with E-state index >= 15 is 0 Å². The van der Waals surface area contributed by atoms with Gasteiger partial charge in [-0.1, -0.05) is 61.5 Å². The van der Waals surface area contributed by atoms with Gasteiger partial charge in [-0.15, -0.1) is 0 Å². The monoisotopic (exact) mass is 459 g/mol. The zero-order chi connectivity index (χ0) is 23.7. The summed E-state index contributed by atoms with van der Waals surface area (Å²) < 4.78 is 11.4. The zero-order valence-corrected chi connectivity index (χ0v) is 20.5. The number of ether oxygens (including phenoxy) is 2. The van der Waals surface area contributed by atoms with Crippen LogP contribution in [0.2, 0.25) is 0 Å². The Kier molecular flexibility index (Phi) is 6.52. The third-order valence-corrected chi connectivity index (χ3v) is 8.59. The van der Waals surface area contributed by atoms with Crippen LogP contribution in [0.5, 0.6) is 5.75 Å². The molecule has 3 aliphatic rings. The summed E-state index contributed by atoms with van der Waals surface area (Å²) in [6, 6.07) is 18.8. The minimum Gasteiger partial charge on any atom is -0.497 e. The van der Waals surface area contributed by atoms with Gasteiger partial charge in [-0.2, -0.15) is 0 Å². The molecule has 2 aromatic carbocycles. The highest BCUT2D eigenvalue weighted by molar-refractivity contribution is 5.75. The van der Waals surface area contributed by atoms with Crippen LogP contribution in [0, 0.1) is 23.2 Å². The van der Waals surface area contributed by atoms with E-state index in [0.29, 0.717) is 5.92 Å². The Morgan fingerprint density at radius 2 is 1.79 bits per heavy atom. The number of allylic oxidation sites excluding steroid dienone is 1. The number of hydrogen-bond acceptors (Lipinski definition) is 4. The van der Waals surface area contributed by atoms with E-state index in [-0.39, 0.29) is 29.3 Å². The molecule has 0 bridgehead atoms. The molecule has 4 heteroatoms. The van der Waals surface area contributed by atoms with Crippen LogP contribution in [0.1, 0.15) is 50.2 Å². The highest BCUT2D eigenvalue weighted by Gasteiger charge is 2.55. The first-order chi connectivity index (χ1) is 16.4. The Labute approximate surface area is 203 Å². The first-order valence-electron chi connectivity index (χ1n) is 12.7. The number of carbonyl (C=O) groups is 1. The van der Waals surface area contributed by atoms with Crippen molar-refractivity contribution in [2.24, 2.45) is 23.2 Å². The first-order valence-corrected chi connectivity index (χ1v) is 12.7. The molecule has 2 saturated carbocycles. The molecular formula is C30H37NO3. The number of esters is 1. The van der Waals surface area contributed by atoms with Crippen molar-refractivity contribution in [2.45, 2.75) is 58.2 Å². The second-order valence-corrected chi connectivity index (χ2v) is 10.9. The molecule has 5 atom stereocenters. The Morgan fingerprint density at radius 3 is 2.50 bits per heavy atom. The van der Waals surface area contributed by atoms with E-state index in [1.165, 1.54) is 29.5 Å². The summed E-state index contributed by atoms with van der Waals surface area (Å²) >= 11 is 0. The summed E-state index contributed by atoms with van der Waals surface area (Å²) in [5, 5.41) is 0. The molecule has 0 N–H and O–H groups in total. The summed E-state index contributed by atoms with van der Waals surface area (Å²) in [5.74, 6) is 1.58. The van der Waals surface area contributed by atoms with Crippen LogP contribution < -0.4 is 4.74 Å². The molecule has 4 nitrogen and oxygen atoms in total. The van der Waals surface area contributed by atoms with Gasteiger partial charge in [0.05, 0.1) is 13.0 Å². The smallest absolute Gasteiger partial charge is 0.310 e. The standard InChI is InChI=1S/C30H37NO3/c1-21-8-7-15-30(2)17-28-25(16-27(21)30)26(29(32)34-28)20-31(18-22-9-5-4-6-10-22)19-23-11-13-24(33-3)14-12-23/h4-6,9-14,25-28H,1,7-8,15-20H2,2-3H3/t25-,26+,27-,28+,30+/m0/s1. The van der Waals surface area contributed by atoms with Crippen LogP contribution in [0.25, 0.3) is 0 Å². The third kappa shape index (κ3) is 4.65. The van der Waals surface area contributed by atoms with E-state index in [4.69, 9.17) is 9.47 Å². The highest BCUT2D eigenvalue weighted by Crippen LogP contribution is 2.57. The highest BCUT2D eigenvalue weighted by atomic mass is 16.6. The number of hydrogen-bond donors (Lipinski definition) is 0. The maximum Gasteiger partial charge on any atom is 0.310 e. The third-order valence-electron chi connectivity index (χ3n) is 8.59. The van der Waals surface area contributed by atoms with Crippen molar-refractivity contribution in [3.05, 3.63) is 77.9 Å². The minimum atomic E-state index is -0.0776. The summed E-state index contributed by atoms with van der Waals surface area (Å²) in [6.07, 6.45) is 5.66. The van der Waals surface area contributed by atoms with Crippen LogP contribution in [-0.2, 0) is 22.6 Å². The lowest BCUT2D eigenvalue weighted by molar-refractivity contribution is -0.146. The topological polar surface area (TPSA) is 38.8 Å². The summed E-state index contributed by atoms with van der Waals surface area (Å²) in [6.45, 7) is 9.15. The van der Waals surface area contributed by atoms with Gasteiger partial charge in [0, 0.05) is 25.6 Å². The van der Waals surface area contributed by atoms with Gasteiger partial charge in [0.2, 0.25) is 0 Å². The van der Waals surface area contributed by atoms with Crippen molar-refractivity contribution in [3.8, 4) is 5.75 Å². The van der Waals surface area contributed by atoms with E-state index in [2.05, 4.69) is 54.8 Å². The summed E-state index contributed by atoms with van der Waals surface area (Å²) in [5.41, 5.74) is 4.11. The summed E-state index contributed by atoms with van der Waals surface area (Å²) in [7, 11) is 1.69. The molecule has 1 aliphatic heterocycles. The van der Waals surface area contributed by atoms with Crippen LogP contribution >= 0.6 is 0 Å². The fourth-order valence-corrected chi connectivity index (χ4v) is 6.76. The van der Waals surface area contributed by atoms with Crippen molar-refractivity contribution in [1.29, 1.82) is 0 Å². The molecule has 0 radical (unpaired) electrons. The van der Waals surface area contributed by atoms with E-state index < -0.39 is 0 Å². The Hall–Kier alpha value is -2.59. The van der Waals surface area contributed by atoms with Crippen molar-refractivity contribution in [1.82, 2.24) is 4.90 Å². The molecule has 2 aromatic rings. The number of methoxy groups -OCH3 is 1. The number of carbonyl (C=O) groups excluding carboxylic acids is 1. The van der Waals surface area contributed by atoms with Crippen LogP contribution in [0.3, 0.4) is 0 Å². The van der Waals surface area contributed by atoms with Gasteiger partial charge in [0.25, 0.3) is 0 Å². The molecule has 1 heterocycles. The fraction of sp³-hybridized carbons (Fsp3) is 0.500. The second kappa shape index (κ2) is 9.58. The Bertz CT molecular complexity index is 1020. The number of fused-ring (bicyclic) bond motifs is 2. The number of benzene rings is 2. The van der Waals surface area contributed by atoms with E-state index in [1.807, 2.05) is 18.2 Å². The van der Waals surface area contributed by atoms with Gasteiger partial charge in [0.1, 0.15) is 11.9 Å². The van der Waals surface area contributed by atoms with Gasteiger partial charge >= 0.3 is 5.97 Å². The maximum atomic E-state index is 13.2. The number of nitrogens with zero attached hydrogens (tertiary/aromatic N) is 1.